The third-order valence-corrected chi connectivity index (χ3v) is 4.78. The second-order valence-electron chi connectivity index (χ2n) is 7.42. The number of rotatable bonds is 8. The molecule has 9 nitrogen and oxygen atoms in total. The van der Waals surface area contributed by atoms with Gasteiger partial charge >= 0.3 is 5.69 Å². The molecule has 0 fully saturated rings. The van der Waals surface area contributed by atoms with Crippen LogP contribution in [-0.2, 0) is 0 Å². The maximum atomic E-state index is 11.1. The lowest BCUT2D eigenvalue weighted by atomic mass is 10.1. The molecule has 0 spiro atoms. The first-order valence-corrected chi connectivity index (χ1v) is 10.8. The summed E-state index contributed by atoms with van der Waals surface area (Å²) in [4.78, 5) is 25.0. The first-order chi connectivity index (χ1) is 15.3. The van der Waals surface area contributed by atoms with E-state index >= 15 is 0 Å². The standard InChI is InChI=1S/C12H16N4O.C11H18N4.2CH4/c1-2-3-6-14-11(13)8-4-5-9-10(7-8)16-12(17)15-9;1-2-3-6-15-11(14)8-4-5-9(12)10(13)7-8;;/h4-5,7H,2-3,6H2,1H3,(H2,13,14)(H2,15,16,17);4-5,7H,2-3,6,12-13H2,1H3,(H2,14,15);2*1H4. The lowest BCUT2D eigenvalue weighted by Crippen LogP contribution is -2.14. The quantitative estimate of drug-likeness (QED) is 0.126. The van der Waals surface area contributed by atoms with Crippen LogP contribution < -0.4 is 28.6 Å². The Balaban J connectivity index is 0.000000610. The van der Waals surface area contributed by atoms with Crippen LogP contribution in [0, 0.1) is 0 Å². The van der Waals surface area contributed by atoms with E-state index in [1.165, 1.54) is 0 Å². The molecule has 34 heavy (non-hydrogen) atoms. The van der Waals surface area contributed by atoms with E-state index in [2.05, 4.69) is 33.8 Å². The molecule has 10 N–H and O–H groups in total. The largest absolute Gasteiger partial charge is 0.397 e. The molecular weight excluding hydrogens is 428 g/mol. The number of H-pyrrole nitrogens is 2. The zero-order chi connectivity index (χ0) is 23.5. The van der Waals surface area contributed by atoms with Gasteiger partial charge in [-0.2, -0.15) is 0 Å². The third-order valence-electron chi connectivity index (χ3n) is 4.78. The molecule has 0 atom stereocenters. The van der Waals surface area contributed by atoms with Crippen LogP contribution in [-0.4, -0.2) is 34.7 Å². The van der Waals surface area contributed by atoms with E-state index in [1.807, 2.05) is 24.3 Å². The predicted molar refractivity (Wildman–Crippen MR) is 149 cm³/mol. The van der Waals surface area contributed by atoms with Crippen molar-refractivity contribution in [2.45, 2.75) is 54.4 Å². The lowest BCUT2D eigenvalue weighted by Gasteiger charge is -2.04. The molecule has 2 aromatic carbocycles. The molecule has 0 aliphatic heterocycles. The predicted octanol–water partition coefficient (Wildman–Crippen LogP) is 3.99. The number of anilines is 2. The fraction of sp³-hybridized carbons (Fsp3) is 0.400. The Bertz CT molecular complexity index is 1130. The smallest absolute Gasteiger partial charge is 0.323 e. The monoisotopic (exact) mass is 470 g/mol. The van der Waals surface area contributed by atoms with Crippen LogP contribution >= 0.6 is 0 Å². The van der Waals surface area contributed by atoms with Crippen LogP contribution in [0.5, 0.6) is 0 Å². The van der Waals surface area contributed by atoms with Gasteiger partial charge in [0, 0.05) is 24.2 Å². The minimum atomic E-state index is -0.210. The van der Waals surface area contributed by atoms with E-state index in [0.717, 1.165) is 60.9 Å². The van der Waals surface area contributed by atoms with Gasteiger partial charge in [0.05, 0.1) is 22.4 Å². The van der Waals surface area contributed by atoms with Gasteiger partial charge < -0.3 is 32.9 Å². The van der Waals surface area contributed by atoms with Crippen molar-refractivity contribution in [1.29, 1.82) is 0 Å². The Labute approximate surface area is 202 Å². The summed E-state index contributed by atoms with van der Waals surface area (Å²) in [6.45, 7) is 5.73. The van der Waals surface area contributed by atoms with Crippen molar-refractivity contribution in [3.63, 3.8) is 0 Å². The number of aliphatic imine (C=N–C) groups is 2. The summed E-state index contributed by atoms with van der Waals surface area (Å²) in [5.41, 5.74) is 27.1. The molecular formula is C25H42N8O. The van der Waals surface area contributed by atoms with Gasteiger partial charge in [0.15, 0.2) is 0 Å². The fourth-order valence-corrected chi connectivity index (χ4v) is 2.82. The van der Waals surface area contributed by atoms with Crippen LogP contribution in [0.1, 0.15) is 65.5 Å². The second-order valence-corrected chi connectivity index (χ2v) is 7.42. The Morgan fingerprint density at radius 3 is 1.79 bits per heavy atom. The summed E-state index contributed by atoms with van der Waals surface area (Å²) in [7, 11) is 0. The minimum absolute atomic E-state index is 0. The summed E-state index contributed by atoms with van der Waals surface area (Å²) in [5, 5.41) is 0. The Kier molecular flexibility index (Phi) is 13.5. The summed E-state index contributed by atoms with van der Waals surface area (Å²) in [5.74, 6) is 1.04. The number of hydrogen-bond acceptors (Lipinski definition) is 5. The van der Waals surface area contributed by atoms with Gasteiger partial charge in [-0.05, 0) is 49.2 Å². The molecule has 0 saturated carbocycles. The molecule has 0 bridgehead atoms. The normalized spacial score (nSPS) is 11.2. The molecule has 0 amide bonds. The maximum Gasteiger partial charge on any atom is 0.323 e. The van der Waals surface area contributed by atoms with Crippen molar-refractivity contribution in [3.8, 4) is 0 Å². The van der Waals surface area contributed by atoms with Crippen molar-refractivity contribution < 1.29 is 0 Å². The minimum Gasteiger partial charge on any atom is -0.397 e. The van der Waals surface area contributed by atoms with E-state index in [0.29, 0.717) is 23.0 Å². The van der Waals surface area contributed by atoms with Gasteiger partial charge in [-0.1, -0.05) is 41.5 Å². The lowest BCUT2D eigenvalue weighted by molar-refractivity contribution is 0.807. The molecule has 0 radical (unpaired) electrons. The summed E-state index contributed by atoms with van der Waals surface area (Å²) < 4.78 is 0. The van der Waals surface area contributed by atoms with E-state index < -0.39 is 0 Å². The van der Waals surface area contributed by atoms with E-state index in [9.17, 15) is 4.79 Å². The van der Waals surface area contributed by atoms with Crippen LogP contribution in [0.4, 0.5) is 11.4 Å². The Morgan fingerprint density at radius 2 is 1.26 bits per heavy atom. The number of unbranched alkanes of at least 4 members (excludes halogenated alkanes) is 2. The van der Waals surface area contributed by atoms with Gasteiger partial charge in [0.25, 0.3) is 0 Å². The number of nitrogens with one attached hydrogen (secondary N) is 2. The van der Waals surface area contributed by atoms with Gasteiger partial charge in [-0.25, -0.2) is 4.79 Å². The number of imidazole rings is 1. The Hall–Kier alpha value is -3.75. The molecule has 0 aliphatic rings. The first-order valence-electron chi connectivity index (χ1n) is 10.8. The van der Waals surface area contributed by atoms with Gasteiger partial charge in [-0.15, -0.1) is 0 Å². The molecule has 1 heterocycles. The molecule has 1 aromatic heterocycles. The highest BCUT2D eigenvalue weighted by atomic mass is 16.1. The zero-order valence-corrected chi connectivity index (χ0v) is 18.8. The zero-order valence-electron chi connectivity index (χ0n) is 18.8. The van der Waals surface area contributed by atoms with Crippen LogP contribution in [0.15, 0.2) is 51.2 Å². The van der Waals surface area contributed by atoms with Crippen LogP contribution in [0.3, 0.4) is 0 Å². The summed E-state index contributed by atoms with van der Waals surface area (Å²) in [6, 6.07) is 10.8. The number of nitrogens with zero attached hydrogens (tertiary/aromatic N) is 2. The van der Waals surface area contributed by atoms with Crippen molar-refractivity contribution >= 4 is 34.1 Å². The van der Waals surface area contributed by atoms with E-state index in [1.54, 1.807) is 12.1 Å². The highest BCUT2D eigenvalue weighted by Gasteiger charge is 2.03. The number of benzene rings is 2. The maximum absolute atomic E-state index is 11.1. The number of amidine groups is 2. The van der Waals surface area contributed by atoms with Gasteiger partial charge in [0.2, 0.25) is 0 Å². The highest BCUT2D eigenvalue weighted by Crippen LogP contribution is 2.15. The number of aromatic nitrogens is 2. The van der Waals surface area contributed by atoms with Gasteiger partial charge in [-0.3, -0.25) is 9.98 Å². The third kappa shape index (κ3) is 9.01. The molecule has 188 valence electrons. The molecule has 0 unspecified atom stereocenters. The van der Waals surface area contributed by atoms with Crippen molar-refractivity contribution in [2.75, 3.05) is 24.6 Å². The van der Waals surface area contributed by atoms with Crippen molar-refractivity contribution in [3.05, 3.63) is 58.0 Å². The number of nitrogen functional groups attached to an aromatic ring is 2. The topological polar surface area (TPSA) is 177 Å². The Morgan fingerprint density at radius 1 is 0.765 bits per heavy atom. The molecule has 0 saturated heterocycles. The summed E-state index contributed by atoms with van der Waals surface area (Å²) in [6.07, 6.45) is 4.29. The number of aromatic amines is 2. The average Bonchev–Trinajstić information content (AvgIpc) is 3.15. The first kappa shape index (κ1) is 30.2. The molecule has 3 aromatic rings. The van der Waals surface area contributed by atoms with Crippen LogP contribution in [0.2, 0.25) is 0 Å². The molecule has 9 heteroatoms. The van der Waals surface area contributed by atoms with Crippen molar-refractivity contribution in [2.24, 2.45) is 21.5 Å². The number of nitrogens with two attached hydrogens (primary N) is 4. The van der Waals surface area contributed by atoms with Gasteiger partial charge in [0.1, 0.15) is 11.7 Å². The number of fused-ring (bicyclic) bond motifs is 1. The number of hydrogen-bond donors (Lipinski definition) is 6. The van der Waals surface area contributed by atoms with E-state index in [4.69, 9.17) is 22.9 Å². The second kappa shape index (κ2) is 15.2. The van der Waals surface area contributed by atoms with Crippen LogP contribution in [0.25, 0.3) is 11.0 Å². The molecule has 3 rings (SSSR count). The highest BCUT2D eigenvalue weighted by molar-refractivity contribution is 6.00. The van der Waals surface area contributed by atoms with E-state index in [-0.39, 0.29) is 20.5 Å². The summed E-state index contributed by atoms with van der Waals surface area (Å²) >= 11 is 0. The fourth-order valence-electron chi connectivity index (χ4n) is 2.82. The average molecular weight is 471 g/mol. The SMILES string of the molecule is C.C.CCCCN=C(N)c1ccc(N)c(N)c1.CCCCN=C(N)c1ccc2[nH]c(=O)[nH]c2c1. The molecule has 0 aliphatic carbocycles. The van der Waals surface area contributed by atoms with Crippen molar-refractivity contribution in [1.82, 2.24) is 9.97 Å².